The van der Waals surface area contributed by atoms with Crippen molar-refractivity contribution < 1.29 is 19.3 Å². The Kier molecular flexibility index (Phi) is 2.84. The molecular weight excluding hydrogens is 244 g/mol. The fraction of sp³-hybridized carbons (Fsp3) is 0.600. The Morgan fingerprint density at radius 1 is 0.842 bits per heavy atom. The van der Waals surface area contributed by atoms with Gasteiger partial charge in [0.1, 0.15) is 6.10 Å². The molecule has 5 rings (SSSR count). The fourth-order valence-electron chi connectivity index (χ4n) is 2.51. The molecule has 0 aromatic rings. The van der Waals surface area contributed by atoms with Crippen LogP contribution in [0.2, 0.25) is 0 Å². The quantitative estimate of drug-likeness (QED) is 0.799. The molecular formula is C15H18O4. The molecule has 4 heteroatoms. The van der Waals surface area contributed by atoms with Crippen molar-refractivity contribution in [1.29, 1.82) is 0 Å². The van der Waals surface area contributed by atoms with E-state index in [1.165, 1.54) is 10.4 Å². The first kappa shape index (κ1) is 11.9. The second-order valence-corrected chi connectivity index (χ2v) is 5.57. The molecule has 3 heterocycles. The average molecular weight is 262 g/mol. The van der Waals surface area contributed by atoms with E-state index in [0.29, 0.717) is 12.2 Å². The SMILES string of the molecule is OCC1CO1.c1cc2c(CC3CO3)c(CC3CO3)c1=2. The van der Waals surface area contributed by atoms with Crippen LogP contribution in [0, 0.1) is 10.4 Å². The largest absolute Gasteiger partial charge is 0.394 e. The van der Waals surface area contributed by atoms with Crippen molar-refractivity contribution in [2.45, 2.75) is 31.2 Å². The van der Waals surface area contributed by atoms with Crippen LogP contribution >= 0.6 is 0 Å². The molecule has 102 valence electrons. The number of hydrogen-bond donors (Lipinski definition) is 1. The highest BCUT2D eigenvalue weighted by Crippen LogP contribution is 2.31. The number of hydrogen-bond acceptors (Lipinski definition) is 4. The van der Waals surface area contributed by atoms with Gasteiger partial charge in [-0.1, -0.05) is 12.1 Å². The normalized spacial score (nSPS) is 31.3. The van der Waals surface area contributed by atoms with Gasteiger partial charge in [-0.2, -0.15) is 0 Å². The van der Waals surface area contributed by atoms with Crippen LogP contribution in [0.5, 0.6) is 0 Å². The van der Waals surface area contributed by atoms with Gasteiger partial charge in [0, 0.05) is 12.8 Å². The zero-order valence-corrected chi connectivity index (χ0v) is 10.8. The van der Waals surface area contributed by atoms with Gasteiger partial charge in [-0.25, -0.2) is 0 Å². The number of benzene rings is 1. The van der Waals surface area contributed by atoms with Gasteiger partial charge in [-0.15, -0.1) is 0 Å². The van der Waals surface area contributed by atoms with Gasteiger partial charge >= 0.3 is 0 Å². The summed E-state index contributed by atoms with van der Waals surface area (Å²) in [6, 6.07) is 4.45. The molecule has 4 nitrogen and oxygen atoms in total. The minimum atomic E-state index is 0.190. The van der Waals surface area contributed by atoms with Gasteiger partial charge in [-0.05, 0) is 21.6 Å². The van der Waals surface area contributed by atoms with Crippen molar-refractivity contribution in [1.82, 2.24) is 0 Å². The predicted molar refractivity (Wildman–Crippen MR) is 67.8 cm³/mol. The predicted octanol–water partition coefficient (Wildman–Crippen LogP) is 0.547. The molecule has 0 amide bonds. The molecule has 0 aromatic carbocycles. The van der Waals surface area contributed by atoms with Crippen LogP contribution in [-0.2, 0) is 27.1 Å². The third-order valence-corrected chi connectivity index (χ3v) is 4.00. The van der Waals surface area contributed by atoms with Gasteiger partial charge in [0.15, 0.2) is 0 Å². The van der Waals surface area contributed by atoms with Crippen molar-refractivity contribution in [2.24, 2.45) is 0 Å². The lowest BCUT2D eigenvalue weighted by molar-refractivity contribution is 0.244. The monoisotopic (exact) mass is 262 g/mol. The smallest absolute Gasteiger partial charge is 0.104 e. The van der Waals surface area contributed by atoms with E-state index in [-0.39, 0.29) is 12.7 Å². The Hall–Kier alpha value is -0.940. The Labute approximate surface area is 111 Å². The highest BCUT2D eigenvalue weighted by Gasteiger charge is 2.31. The lowest BCUT2D eigenvalue weighted by Crippen LogP contribution is -2.12. The molecule has 0 saturated carbocycles. The average Bonchev–Trinajstić information content (AvgIpc) is 3.25. The minimum absolute atomic E-state index is 0.190. The van der Waals surface area contributed by atoms with E-state index in [1.54, 1.807) is 11.1 Å². The molecule has 5 aliphatic rings. The van der Waals surface area contributed by atoms with E-state index in [9.17, 15) is 0 Å². The maximum atomic E-state index is 8.08. The Morgan fingerprint density at radius 3 is 1.47 bits per heavy atom. The number of rotatable bonds is 5. The van der Waals surface area contributed by atoms with Crippen LogP contribution in [0.1, 0.15) is 11.1 Å². The highest BCUT2D eigenvalue weighted by atomic mass is 16.6. The number of ether oxygens (including phenoxy) is 3. The zero-order valence-electron chi connectivity index (χ0n) is 10.8. The second-order valence-electron chi connectivity index (χ2n) is 5.57. The molecule has 3 aliphatic heterocycles. The molecule has 0 radical (unpaired) electrons. The minimum Gasteiger partial charge on any atom is -0.394 e. The molecule has 3 unspecified atom stereocenters. The summed E-state index contributed by atoms with van der Waals surface area (Å²) in [5.41, 5.74) is 3.11. The van der Waals surface area contributed by atoms with Crippen molar-refractivity contribution >= 4 is 0 Å². The third-order valence-electron chi connectivity index (χ3n) is 4.00. The molecule has 3 saturated heterocycles. The van der Waals surface area contributed by atoms with E-state index in [2.05, 4.69) is 16.9 Å². The van der Waals surface area contributed by atoms with Crippen molar-refractivity contribution in [3.63, 3.8) is 0 Å². The highest BCUT2D eigenvalue weighted by molar-refractivity contribution is 5.44. The van der Waals surface area contributed by atoms with Gasteiger partial charge in [0.2, 0.25) is 0 Å². The molecule has 2 aliphatic carbocycles. The lowest BCUT2D eigenvalue weighted by atomic mass is 9.85. The summed E-state index contributed by atoms with van der Waals surface area (Å²) in [4.78, 5) is 0. The number of aliphatic hydroxyl groups is 1. The number of aliphatic hydroxyl groups excluding tert-OH is 1. The van der Waals surface area contributed by atoms with Gasteiger partial charge < -0.3 is 19.3 Å². The van der Waals surface area contributed by atoms with Crippen LogP contribution in [-0.4, -0.2) is 49.8 Å². The summed E-state index contributed by atoms with van der Waals surface area (Å²) < 4.78 is 15.2. The molecule has 0 aromatic heterocycles. The summed E-state index contributed by atoms with van der Waals surface area (Å²) >= 11 is 0. The van der Waals surface area contributed by atoms with Gasteiger partial charge in [0.05, 0.1) is 38.6 Å². The van der Waals surface area contributed by atoms with E-state index >= 15 is 0 Å². The Balaban J connectivity index is 0.000000165. The van der Waals surface area contributed by atoms with E-state index in [4.69, 9.17) is 14.6 Å². The van der Waals surface area contributed by atoms with E-state index < -0.39 is 0 Å². The Morgan fingerprint density at radius 2 is 1.26 bits per heavy atom. The summed E-state index contributed by atoms with van der Waals surface area (Å²) in [6.45, 7) is 2.88. The van der Waals surface area contributed by atoms with Crippen molar-refractivity contribution in [3.8, 4) is 0 Å². The number of epoxide rings is 3. The molecule has 0 spiro atoms. The maximum absolute atomic E-state index is 8.08. The summed E-state index contributed by atoms with van der Waals surface area (Å²) in [5, 5.41) is 11.1. The summed E-state index contributed by atoms with van der Waals surface area (Å²) in [7, 11) is 0. The fourth-order valence-corrected chi connectivity index (χ4v) is 2.51. The molecule has 3 fully saturated rings. The first-order chi connectivity index (χ1) is 9.35. The molecule has 1 N–H and O–H groups in total. The Bertz CT molecular complexity index is 526. The van der Waals surface area contributed by atoms with Crippen LogP contribution in [0.25, 0.3) is 0 Å². The van der Waals surface area contributed by atoms with Gasteiger partial charge in [-0.3, -0.25) is 0 Å². The van der Waals surface area contributed by atoms with Crippen LogP contribution < -0.4 is 0 Å². The summed E-state index contributed by atoms with van der Waals surface area (Å²) in [6.07, 6.45) is 3.48. The third kappa shape index (κ3) is 2.54. The zero-order chi connectivity index (χ0) is 12.8. The standard InChI is InChI=1S/C12H12O2.C3H6O2/c1-2-10-9(1)11(3-7-5-13-7)12(10)4-8-6-14-8;4-1-3-2-5-3/h1-2,7-8H,3-6H2;3-4H,1-2H2. The van der Waals surface area contributed by atoms with E-state index in [0.717, 1.165) is 32.7 Å². The van der Waals surface area contributed by atoms with Crippen LogP contribution in [0.3, 0.4) is 0 Å². The van der Waals surface area contributed by atoms with Crippen molar-refractivity contribution in [3.05, 3.63) is 33.7 Å². The summed E-state index contributed by atoms with van der Waals surface area (Å²) in [5.74, 6) is 0. The van der Waals surface area contributed by atoms with Crippen LogP contribution in [0.15, 0.2) is 12.1 Å². The molecule has 19 heavy (non-hydrogen) atoms. The molecule has 3 atom stereocenters. The van der Waals surface area contributed by atoms with E-state index in [1.807, 2.05) is 0 Å². The topological polar surface area (TPSA) is 57.8 Å². The second kappa shape index (κ2) is 4.56. The van der Waals surface area contributed by atoms with Crippen LogP contribution in [0.4, 0.5) is 0 Å². The first-order valence-electron chi connectivity index (χ1n) is 6.96. The lowest BCUT2D eigenvalue weighted by Gasteiger charge is -2.18. The van der Waals surface area contributed by atoms with Gasteiger partial charge in [0.25, 0.3) is 0 Å². The molecule has 0 bridgehead atoms. The first-order valence-corrected chi connectivity index (χ1v) is 6.96. The van der Waals surface area contributed by atoms with Crippen molar-refractivity contribution in [2.75, 3.05) is 26.4 Å². The maximum Gasteiger partial charge on any atom is 0.104 e.